The first-order chi connectivity index (χ1) is 7.64. The van der Waals surface area contributed by atoms with E-state index >= 15 is 0 Å². The number of rotatable bonds is 6. The van der Waals surface area contributed by atoms with Gasteiger partial charge in [0.1, 0.15) is 17.6 Å². The van der Waals surface area contributed by atoms with E-state index in [-0.39, 0.29) is 18.8 Å². The highest BCUT2D eigenvalue weighted by Gasteiger charge is 2.35. The second-order valence-electron chi connectivity index (χ2n) is 5.05. The summed E-state index contributed by atoms with van der Waals surface area (Å²) in [7, 11) is 2.88. The highest BCUT2D eigenvalue weighted by Crippen LogP contribution is 2.15. The lowest BCUT2D eigenvalue weighted by molar-refractivity contribution is -0.161. The van der Waals surface area contributed by atoms with Gasteiger partial charge in [-0.3, -0.25) is 9.59 Å². The van der Waals surface area contributed by atoms with Crippen molar-refractivity contribution >= 4 is 11.8 Å². The summed E-state index contributed by atoms with van der Waals surface area (Å²) in [6.45, 7) is 6.94. The number of hydrogen-bond donors (Lipinski definition) is 0. The monoisotopic (exact) mass is 246 g/mol. The third kappa shape index (κ3) is 5.79. The van der Waals surface area contributed by atoms with Gasteiger partial charge >= 0.3 is 5.97 Å². The Morgan fingerprint density at radius 2 is 1.59 bits per heavy atom. The molecule has 100 valence electrons. The maximum atomic E-state index is 11.9. The second-order valence-corrected chi connectivity index (χ2v) is 5.05. The number of carbonyl (C=O) groups is 2. The Hall–Kier alpha value is -0.940. The highest BCUT2D eigenvalue weighted by atomic mass is 16.6. The van der Waals surface area contributed by atoms with E-state index in [9.17, 15) is 9.59 Å². The van der Waals surface area contributed by atoms with E-state index in [1.807, 2.05) is 0 Å². The topological polar surface area (TPSA) is 61.8 Å². The van der Waals surface area contributed by atoms with Crippen LogP contribution in [0.5, 0.6) is 0 Å². The maximum Gasteiger partial charge on any atom is 0.313 e. The van der Waals surface area contributed by atoms with Crippen LogP contribution in [0.3, 0.4) is 0 Å². The summed E-state index contributed by atoms with van der Waals surface area (Å²) < 4.78 is 15.1. The molecule has 0 radical (unpaired) electrons. The molecule has 0 aliphatic rings. The molecule has 5 nitrogen and oxygen atoms in total. The van der Waals surface area contributed by atoms with Crippen molar-refractivity contribution in [1.29, 1.82) is 0 Å². The van der Waals surface area contributed by atoms with Crippen molar-refractivity contribution in [2.75, 3.05) is 20.8 Å². The summed E-state index contributed by atoms with van der Waals surface area (Å²) >= 11 is 0. The number of esters is 1. The Labute approximate surface area is 102 Å². The molecule has 0 N–H and O–H groups in total. The standard InChI is InChI=1S/C12H22O5/c1-11(2,3)17-10(14)7-9(13)12(4,16-6)8-15-5/h7-8H2,1-6H3. The molecule has 0 saturated heterocycles. The zero-order valence-electron chi connectivity index (χ0n) is 11.5. The van der Waals surface area contributed by atoms with E-state index in [4.69, 9.17) is 14.2 Å². The van der Waals surface area contributed by atoms with Crippen LogP contribution in [0.2, 0.25) is 0 Å². The van der Waals surface area contributed by atoms with Gasteiger partial charge in [0.2, 0.25) is 0 Å². The molecule has 0 spiro atoms. The predicted molar refractivity (Wildman–Crippen MR) is 62.8 cm³/mol. The van der Waals surface area contributed by atoms with E-state index in [2.05, 4.69) is 0 Å². The molecule has 0 heterocycles. The van der Waals surface area contributed by atoms with Gasteiger partial charge < -0.3 is 14.2 Å². The summed E-state index contributed by atoms with van der Waals surface area (Å²) in [5.41, 5.74) is -1.70. The van der Waals surface area contributed by atoms with Gasteiger partial charge in [-0.25, -0.2) is 0 Å². The van der Waals surface area contributed by atoms with Gasteiger partial charge in [0.15, 0.2) is 5.78 Å². The van der Waals surface area contributed by atoms with Gasteiger partial charge in [0.05, 0.1) is 6.61 Å². The molecule has 0 aliphatic heterocycles. The quantitative estimate of drug-likeness (QED) is 0.523. The van der Waals surface area contributed by atoms with Gasteiger partial charge in [-0.15, -0.1) is 0 Å². The molecule has 0 fully saturated rings. The van der Waals surface area contributed by atoms with Crippen LogP contribution in [0.4, 0.5) is 0 Å². The molecule has 1 unspecified atom stereocenters. The number of Topliss-reactive ketones (excluding diaryl/α,β-unsaturated/α-hetero) is 1. The van der Waals surface area contributed by atoms with Crippen LogP contribution in [0, 0.1) is 0 Å². The van der Waals surface area contributed by atoms with Gasteiger partial charge in [-0.1, -0.05) is 0 Å². The van der Waals surface area contributed by atoms with Crippen LogP contribution in [0.25, 0.3) is 0 Å². The second kappa shape index (κ2) is 6.12. The minimum absolute atomic E-state index is 0.102. The first kappa shape index (κ1) is 16.1. The van der Waals surface area contributed by atoms with E-state index in [0.29, 0.717) is 0 Å². The molecule has 0 aromatic rings. The van der Waals surface area contributed by atoms with E-state index < -0.39 is 17.2 Å². The zero-order valence-corrected chi connectivity index (χ0v) is 11.5. The zero-order chi connectivity index (χ0) is 13.7. The molecule has 0 aromatic carbocycles. The molecule has 0 rings (SSSR count). The summed E-state index contributed by atoms with van der Waals surface area (Å²) in [4.78, 5) is 23.4. The van der Waals surface area contributed by atoms with Gasteiger partial charge in [0.25, 0.3) is 0 Å². The third-order valence-electron chi connectivity index (χ3n) is 2.19. The minimum atomic E-state index is -1.11. The Bertz CT molecular complexity index is 279. The lowest BCUT2D eigenvalue weighted by Gasteiger charge is -2.26. The Kier molecular flexibility index (Phi) is 5.78. The fraction of sp³-hybridized carbons (Fsp3) is 0.833. The van der Waals surface area contributed by atoms with Crippen molar-refractivity contribution in [2.45, 2.75) is 45.3 Å². The molecule has 1 atom stereocenters. The molecule has 0 saturated carbocycles. The fourth-order valence-electron chi connectivity index (χ4n) is 1.22. The van der Waals surface area contributed by atoms with Crippen LogP contribution in [0.1, 0.15) is 34.1 Å². The lowest BCUT2D eigenvalue weighted by atomic mass is 9.99. The average Bonchev–Trinajstić information content (AvgIpc) is 2.14. The highest BCUT2D eigenvalue weighted by molar-refractivity contribution is 6.00. The van der Waals surface area contributed by atoms with Crippen LogP contribution in [-0.2, 0) is 23.8 Å². The third-order valence-corrected chi connectivity index (χ3v) is 2.19. The van der Waals surface area contributed by atoms with Crippen molar-refractivity contribution in [1.82, 2.24) is 0 Å². The van der Waals surface area contributed by atoms with E-state index in [1.54, 1.807) is 27.7 Å². The predicted octanol–water partition coefficient (Wildman–Crippen LogP) is 1.34. The average molecular weight is 246 g/mol. The number of ketones is 1. The van der Waals surface area contributed by atoms with Crippen molar-refractivity contribution in [3.63, 3.8) is 0 Å². The lowest BCUT2D eigenvalue weighted by Crippen LogP contribution is -2.43. The molecule has 0 aromatic heterocycles. The molecular formula is C12H22O5. The van der Waals surface area contributed by atoms with Crippen LogP contribution < -0.4 is 0 Å². The van der Waals surface area contributed by atoms with Crippen molar-refractivity contribution < 1.29 is 23.8 Å². The Morgan fingerprint density at radius 3 is 1.94 bits per heavy atom. The molecule has 0 aliphatic carbocycles. The number of methoxy groups -OCH3 is 2. The number of ether oxygens (including phenoxy) is 3. The summed E-state index contributed by atoms with van der Waals surface area (Å²) in [5.74, 6) is -0.905. The van der Waals surface area contributed by atoms with E-state index in [0.717, 1.165) is 0 Å². The molecule has 17 heavy (non-hydrogen) atoms. The normalized spacial score (nSPS) is 15.2. The van der Waals surface area contributed by atoms with E-state index in [1.165, 1.54) is 14.2 Å². The Balaban J connectivity index is 4.47. The van der Waals surface area contributed by atoms with Gasteiger partial charge in [-0.05, 0) is 27.7 Å². The first-order valence-corrected chi connectivity index (χ1v) is 5.44. The molecular weight excluding hydrogens is 224 g/mol. The smallest absolute Gasteiger partial charge is 0.313 e. The fourth-order valence-corrected chi connectivity index (χ4v) is 1.22. The molecule has 0 bridgehead atoms. The van der Waals surface area contributed by atoms with Gasteiger partial charge in [-0.2, -0.15) is 0 Å². The minimum Gasteiger partial charge on any atom is -0.460 e. The largest absolute Gasteiger partial charge is 0.460 e. The summed E-state index contributed by atoms with van der Waals surface area (Å²) in [6.07, 6.45) is -0.315. The van der Waals surface area contributed by atoms with Crippen molar-refractivity contribution in [3.05, 3.63) is 0 Å². The Morgan fingerprint density at radius 1 is 1.06 bits per heavy atom. The van der Waals surface area contributed by atoms with Crippen LogP contribution >= 0.6 is 0 Å². The van der Waals surface area contributed by atoms with Crippen molar-refractivity contribution in [2.24, 2.45) is 0 Å². The summed E-state index contributed by atoms with van der Waals surface area (Å²) in [5, 5.41) is 0. The summed E-state index contributed by atoms with van der Waals surface area (Å²) in [6, 6.07) is 0. The first-order valence-electron chi connectivity index (χ1n) is 5.44. The molecule has 5 heteroatoms. The van der Waals surface area contributed by atoms with Crippen molar-refractivity contribution in [3.8, 4) is 0 Å². The number of carbonyl (C=O) groups excluding carboxylic acids is 2. The number of hydrogen-bond acceptors (Lipinski definition) is 5. The van der Waals surface area contributed by atoms with Crippen LogP contribution in [-0.4, -0.2) is 43.8 Å². The molecule has 0 amide bonds. The SMILES string of the molecule is COCC(C)(OC)C(=O)CC(=O)OC(C)(C)C. The maximum absolute atomic E-state index is 11.9. The van der Waals surface area contributed by atoms with Crippen LogP contribution in [0.15, 0.2) is 0 Å². The van der Waals surface area contributed by atoms with Gasteiger partial charge in [0, 0.05) is 14.2 Å².